The first-order chi connectivity index (χ1) is 13.1. The molecule has 1 aromatic carbocycles. The van der Waals surface area contributed by atoms with E-state index >= 15 is 0 Å². The van der Waals surface area contributed by atoms with Gasteiger partial charge in [0.1, 0.15) is 0 Å². The minimum atomic E-state index is -0.310. The number of nitrogens with zero attached hydrogens (tertiary/aromatic N) is 2. The van der Waals surface area contributed by atoms with Gasteiger partial charge in [-0.3, -0.25) is 4.79 Å². The zero-order chi connectivity index (χ0) is 19.5. The maximum absolute atomic E-state index is 12.0. The standard InChI is InChI=1S/C19H25N5O3/c1-3-6-16-23-18(27-24-16)8-5-7-17(25)21-14-9-11-15(12-10-14)22-19(26)20-13-4-2/h4,9-12H,2-3,5-8,13H2,1H3,(H,21,25)(H2,20,22,26). The van der Waals surface area contributed by atoms with Gasteiger partial charge < -0.3 is 20.5 Å². The Bertz CT molecular complexity index is 755. The normalized spacial score (nSPS) is 10.3. The zero-order valence-corrected chi connectivity index (χ0v) is 15.5. The SMILES string of the molecule is C=CCNC(=O)Nc1ccc(NC(=O)CCCc2nc(CCC)no2)cc1. The number of aryl methyl sites for hydroxylation is 2. The summed E-state index contributed by atoms with van der Waals surface area (Å²) in [5.74, 6) is 1.19. The molecule has 0 saturated heterocycles. The van der Waals surface area contributed by atoms with Gasteiger partial charge in [-0.05, 0) is 37.1 Å². The molecule has 1 aromatic heterocycles. The van der Waals surface area contributed by atoms with E-state index in [9.17, 15) is 9.59 Å². The molecular weight excluding hydrogens is 346 g/mol. The lowest BCUT2D eigenvalue weighted by Crippen LogP contribution is -2.28. The Balaban J connectivity index is 1.71. The Morgan fingerprint density at radius 3 is 2.52 bits per heavy atom. The molecule has 0 aliphatic rings. The van der Waals surface area contributed by atoms with Crippen LogP contribution in [0.15, 0.2) is 41.4 Å². The number of nitrogens with one attached hydrogen (secondary N) is 3. The van der Waals surface area contributed by atoms with E-state index in [4.69, 9.17) is 4.52 Å². The van der Waals surface area contributed by atoms with E-state index in [1.165, 1.54) is 0 Å². The van der Waals surface area contributed by atoms with Crippen LogP contribution in [0.1, 0.15) is 37.9 Å². The van der Waals surface area contributed by atoms with Crippen LogP contribution in [0.4, 0.5) is 16.2 Å². The summed E-state index contributed by atoms with van der Waals surface area (Å²) < 4.78 is 5.15. The Morgan fingerprint density at radius 2 is 1.85 bits per heavy atom. The van der Waals surface area contributed by atoms with Gasteiger partial charge in [0.2, 0.25) is 11.8 Å². The molecule has 8 nitrogen and oxygen atoms in total. The van der Waals surface area contributed by atoms with Gasteiger partial charge in [0.05, 0.1) is 0 Å². The van der Waals surface area contributed by atoms with Crippen molar-refractivity contribution in [2.75, 3.05) is 17.2 Å². The summed E-state index contributed by atoms with van der Waals surface area (Å²) in [6.45, 7) is 5.98. The molecule has 0 saturated carbocycles. The fourth-order valence-electron chi connectivity index (χ4n) is 2.32. The van der Waals surface area contributed by atoms with Crippen LogP contribution in [0.25, 0.3) is 0 Å². The predicted molar refractivity (Wildman–Crippen MR) is 104 cm³/mol. The molecule has 8 heteroatoms. The number of rotatable bonds is 10. The lowest BCUT2D eigenvalue weighted by molar-refractivity contribution is -0.116. The van der Waals surface area contributed by atoms with Crippen LogP contribution in [-0.2, 0) is 17.6 Å². The summed E-state index contributed by atoms with van der Waals surface area (Å²) in [5, 5.41) is 12.0. The van der Waals surface area contributed by atoms with Crippen LogP contribution in [0.5, 0.6) is 0 Å². The summed E-state index contributed by atoms with van der Waals surface area (Å²) in [4.78, 5) is 27.9. The van der Waals surface area contributed by atoms with E-state index < -0.39 is 0 Å². The Labute approximate surface area is 158 Å². The van der Waals surface area contributed by atoms with Crippen LogP contribution in [-0.4, -0.2) is 28.6 Å². The third kappa shape index (κ3) is 7.31. The molecule has 0 atom stereocenters. The third-order valence-corrected chi connectivity index (χ3v) is 3.61. The summed E-state index contributed by atoms with van der Waals surface area (Å²) in [6, 6.07) is 6.59. The van der Waals surface area contributed by atoms with Crippen molar-refractivity contribution in [3.8, 4) is 0 Å². The first kappa shape index (κ1) is 20.2. The number of anilines is 2. The van der Waals surface area contributed by atoms with E-state index in [0.717, 1.165) is 12.8 Å². The molecule has 0 aliphatic carbocycles. The summed E-state index contributed by atoms with van der Waals surface area (Å²) in [5.41, 5.74) is 1.30. The molecule has 3 N–H and O–H groups in total. The first-order valence-corrected chi connectivity index (χ1v) is 8.97. The average molecular weight is 371 g/mol. The molecule has 0 radical (unpaired) electrons. The second-order valence-corrected chi connectivity index (χ2v) is 5.96. The minimum Gasteiger partial charge on any atom is -0.339 e. The molecule has 2 rings (SSSR count). The molecule has 0 unspecified atom stereocenters. The summed E-state index contributed by atoms with van der Waals surface area (Å²) in [7, 11) is 0. The number of carbonyl (C=O) groups is 2. The maximum atomic E-state index is 12.0. The summed E-state index contributed by atoms with van der Waals surface area (Å²) in [6.07, 6.45) is 4.92. The first-order valence-electron chi connectivity index (χ1n) is 8.97. The van der Waals surface area contributed by atoms with E-state index in [0.29, 0.717) is 48.9 Å². The van der Waals surface area contributed by atoms with Crippen molar-refractivity contribution in [1.82, 2.24) is 15.5 Å². The lowest BCUT2D eigenvalue weighted by Gasteiger charge is -2.08. The predicted octanol–water partition coefficient (Wildman–Crippen LogP) is 3.29. The van der Waals surface area contributed by atoms with E-state index in [1.807, 2.05) is 0 Å². The molecular formula is C19H25N5O3. The minimum absolute atomic E-state index is 0.0901. The third-order valence-electron chi connectivity index (χ3n) is 3.61. The number of hydrogen-bond donors (Lipinski definition) is 3. The number of urea groups is 1. The molecule has 0 fully saturated rings. The topological polar surface area (TPSA) is 109 Å². The molecule has 3 amide bonds. The highest BCUT2D eigenvalue weighted by Gasteiger charge is 2.08. The van der Waals surface area contributed by atoms with Crippen LogP contribution >= 0.6 is 0 Å². The number of benzene rings is 1. The van der Waals surface area contributed by atoms with Crippen molar-refractivity contribution < 1.29 is 14.1 Å². The molecule has 0 spiro atoms. The van der Waals surface area contributed by atoms with Crippen molar-refractivity contribution in [3.63, 3.8) is 0 Å². The van der Waals surface area contributed by atoms with Gasteiger partial charge in [0.15, 0.2) is 5.82 Å². The fourth-order valence-corrected chi connectivity index (χ4v) is 2.32. The Hall–Kier alpha value is -3.16. The summed E-state index contributed by atoms with van der Waals surface area (Å²) >= 11 is 0. The zero-order valence-electron chi connectivity index (χ0n) is 15.5. The van der Waals surface area contributed by atoms with Gasteiger partial charge in [0.25, 0.3) is 0 Å². The van der Waals surface area contributed by atoms with Gasteiger partial charge in [-0.1, -0.05) is 18.2 Å². The van der Waals surface area contributed by atoms with Gasteiger partial charge in [-0.25, -0.2) is 4.79 Å². The largest absolute Gasteiger partial charge is 0.339 e. The van der Waals surface area contributed by atoms with Crippen molar-refractivity contribution in [2.45, 2.75) is 39.0 Å². The van der Waals surface area contributed by atoms with E-state index in [2.05, 4.69) is 39.6 Å². The van der Waals surface area contributed by atoms with Crippen molar-refractivity contribution in [1.29, 1.82) is 0 Å². The van der Waals surface area contributed by atoms with Crippen LogP contribution < -0.4 is 16.0 Å². The lowest BCUT2D eigenvalue weighted by atomic mass is 10.2. The maximum Gasteiger partial charge on any atom is 0.319 e. The van der Waals surface area contributed by atoms with Gasteiger partial charge in [-0.15, -0.1) is 6.58 Å². The molecule has 27 heavy (non-hydrogen) atoms. The Kier molecular flexibility index (Phi) is 8.02. The van der Waals surface area contributed by atoms with E-state index in [1.54, 1.807) is 30.3 Å². The highest BCUT2D eigenvalue weighted by atomic mass is 16.5. The highest BCUT2D eigenvalue weighted by molar-refractivity contribution is 5.92. The monoisotopic (exact) mass is 371 g/mol. The number of aromatic nitrogens is 2. The van der Waals surface area contributed by atoms with Gasteiger partial charge >= 0.3 is 6.03 Å². The van der Waals surface area contributed by atoms with Crippen LogP contribution in [0.2, 0.25) is 0 Å². The fraction of sp³-hybridized carbons (Fsp3) is 0.368. The number of carbonyl (C=O) groups excluding carboxylic acids is 2. The van der Waals surface area contributed by atoms with Gasteiger partial charge in [-0.2, -0.15) is 4.98 Å². The van der Waals surface area contributed by atoms with Crippen LogP contribution in [0, 0.1) is 0 Å². The average Bonchev–Trinajstić information content (AvgIpc) is 3.09. The molecule has 1 heterocycles. The molecule has 2 aromatic rings. The molecule has 0 aliphatic heterocycles. The molecule has 144 valence electrons. The van der Waals surface area contributed by atoms with Crippen molar-refractivity contribution in [3.05, 3.63) is 48.6 Å². The Morgan fingerprint density at radius 1 is 1.15 bits per heavy atom. The van der Waals surface area contributed by atoms with Crippen molar-refractivity contribution in [2.24, 2.45) is 0 Å². The second-order valence-electron chi connectivity index (χ2n) is 5.96. The highest BCUT2D eigenvalue weighted by Crippen LogP contribution is 2.14. The number of amides is 3. The second kappa shape index (κ2) is 10.7. The van der Waals surface area contributed by atoms with Crippen molar-refractivity contribution >= 4 is 23.3 Å². The van der Waals surface area contributed by atoms with Gasteiger partial charge in [0, 0.05) is 37.2 Å². The molecule has 0 bridgehead atoms. The quantitative estimate of drug-likeness (QED) is 0.555. The van der Waals surface area contributed by atoms with E-state index in [-0.39, 0.29) is 11.9 Å². The number of hydrogen-bond acceptors (Lipinski definition) is 5. The van der Waals surface area contributed by atoms with Crippen LogP contribution in [0.3, 0.4) is 0 Å². The smallest absolute Gasteiger partial charge is 0.319 e.